The third-order valence-corrected chi connectivity index (χ3v) is 6.09. The van der Waals surface area contributed by atoms with Crippen molar-refractivity contribution < 1.29 is 27.8 Å². The minimum Gasteiger partial charge on any atom is -0.394 e. The Labute approximate surface area is 159 Å². The molecule has 154 valence electrons. The number of nitrogens with zero attached hydrogens (tertiary/aromatic N) is 2. The van der Waals surface area contributed by atoms with Crippen molar-refractivity contribution in [1.29, 1.82) is 0 Å². The third kappa shape index (κ3) is 5.67. The van der Waals surface area contributed by atoms with E-state index in [1.807, 2.05) is 30.9 Å². The van der Waals surface area contributed by atoms with Crippen molar-refractivity contribution >= 4 is 10.0 Å². The Balaban J connectivity index is 2.08. The highest BCUT2D eigenvalue weighted by Gasteiger charge is 2.45. The van der Waals surface area contributed by atoms with Gasteiger partial charge < -0.3 is 19.8 Å². The van der Waals surface area contributed by atoms with Gasteiger partial charge in [0.2, 0.25) is 10.0 Å². The quantitative estimate of drug-likeness (QED) is 0.489. The molecule has 1 saturated heterocycles. The first-order valence-electron chi connectivity index (χ1n) is 8.70. The SMILES string of the molecule is CN(C)CCN(C)[C@@H]1[C@H](O)[C@H](CO)O[C@@H]1CNS(=O)(=O)c1ccc(F)cc1. The number of rotatable bonds is 9. The van der Waals surface area contributed by atoms with E-state index in [9.17, 15) is 23.0 Å². The van der Waals surface area contributed by atoms with Crippen molar-refractivity contribution in [3.05, 3.63) is 30.1 Å². The lowest BCUT2D eigenvalue weighted by Gasteiger charge is -2.31. The molecular formula is C17H28FN3O5S. The molecule has 27 heavy (non-hydrogen) atoms. The molecule has 1 aromatic carbocycles. The van der Waals surface area contributed by atoms with Gasteiger partial charge >= 0.3 is 0 Å². The maximum atomic E-state index is 13.0. The van der Waals surface area contributed by atoms with Crippen LogP contribution in [0, 0.1) is 5.82 Å². The van der Waals surface area contributed by atoms with Crippen LogP contribution in [0.1, 0.15) is 0 Å². The van der Waals surface area contributed by atoms with Gasteiger partial charge in [-0.05, 0) is 45.4 Å². The lowest BCUT2D eigenvalue weighted by molar-refractivity contribution is -0.0201. The van der Waals surface area contributed by atoms with Crippen molar-refractivity contribution in [1.82, 2.24) is 14.5 Å². The topological polar surface area (TPSA) is 102 Å². The van der Waals surface area contributed by atoms with E-state index >= 15 is 0 Å². The first-order valence-corrected chi connectivity index (χ1v) is 10.2. The number of hydrogen-bond acceptors (Lipinski definition) is 7. The maximum absolute atomic E-state index is 13.0. The second kappa shape index (κ2) is 9.37. The average molecular weight is 405 g/mol. The lowest BCUT2D eigenvalue weighted by atomic mass is 10.0. The van der Waals surface area contributed by atoms with E-state index in [0.717, 1.165) is 18.7 Å². The number of halogens is 1. The van der Waals surface area contributed by atoms with Crippen LogP contribution in [0.25, 0.3) is 0 Å². The monoisotopic (exact) mass is 405 g/mol. The van der Waals surface area contributed by atoms with Gasteiger partial charge in [0.1, 0.15) is 18.0 Å². The fourth-order valence-electron chi connectivity index (χ4n) is 3.09. The molecule has 0 unspecified atom stereocenters. The zero-order valence-electron chi connectivity index (χ0n) is 15.7. The van der Waals surface area contributed by atoms with E-state index in [1.54, 1.807) is 0 Å². The molecule has 0 spiro atoms. The molecule has 0 aliphatic carbocycles. The van der Waals surface area contributed by atoms with E-state index < -0.39 is 40.2 Å². The van der Waals surface area contributed by atoms with Gasteiger partial charge in [0.15, 0.2) is 0 Å². The van der Waals surface area contributed by atoms with Crippen LogP contribution >= 0.6 is 0 Å². The van der Waals surface area contributed by atoms with E-state index in [-0.39, 0.29) is 18.0 Å². The molecule has 0 aromatic heterocycles. The summed E-state index contributed by atoms with van der Waals surface area (Å²) in [6.45, 7) is 0.944. The fourth-order valence-corrected chi connectivity index (χ4v) is 4.13. The van der Waals surface area contributed by atoms with Crippen LogP contribution in [0.15, 0.2) is 29.2 Å². The zero-order chi connectivity index (χ0) is 20.2. The summed E-state index contributed by atoms with van der Waals surface area (Å²) < 4.78 is 45.9. The second-order valence-corrected chi connectivity index (χ2v) is 8.73. The molecule has 10 heteroatoms. The molecule has 1 aromatic rings. The molecule has 0 radical (unpaired) electrons. The molecule has 1 aliphatic rings. The molecule has 0 amide bonds. The molecule has 2 rings (SSSR count). The predicted molar refractivity (Wildman–Crippen MR) is 98.3 cm³/mol. The molecular weight excluding hydrogens is 377 g/mol. The van der Waals surface area contributed by atoms with E-state index in [4.69, 9.17) is 4.74 Å². The average Bonchev–Trinajstić information content (AvgIpc) is 2.94. The van der Waals surface area contributed by atoms with Gasteiger partial charge in [-0.2, -0.15) is 0 Å². The molecule has 1 heterocycles. The van der Waals surface area contributed by atoms with Gasteiger partial charge in [0.05, 0.1) is 23.6 Å². The van der Waals surface area contributed by atoms with Crippen molar-refractivity contribution in [3.63, 3.8) is 0 Å². The highest BCUT2D eigenvalue weighted by molar-refractivity contribution is 7.89. The van der Waals surface area contributed by atoms with Crippen LogP contribution in [-0.4, -0.2) is 100 Å². The van der Waals surface area contributed by atoms with Crippen molar-refractivity contribution in [2.75, 3.05) is 47.4 Å². The molecule has 1 fully saturated rings. The van der Waals surface area contributed by atoms with Gasteiger partial charge in [-0.1, -0.05) is 0 Å². The molecule has 0 bridgehead atoms. The summed E-state index contributed by atoms with van der Waals surface area (Å²) in [5, 5.41) is 19.9. The number of nitrogens with one attached hydrogen (secondary N) is 1. The highest BCUT2D eigenvalue weighted by atomic mass is 32.2. The van der Waals surface area contributed by atoms with Crippen LogP contribution in [-0.2, 0) is 14.8 Å². The van der Waals surface area contributed by atoms with E-state index in [1.165, 1.54) is 12.1 Å². The number of likely N-dealkylation sites (N-methyl/N-ethyl adjacent to an activating group) is 2. The molecule has 0 saturated carbocycles. The van der Waals surface area contributed by atoms with E-state index in [2.05, 4.69) is 4.72 Å². The van der Waals surface area contributed by atoms with Crippen molar-refractivity contribution in [2.45, 2.75) is 29.2 Å². The van der Waals surface area contributed by atoms with Crippen LogP contribution < -0.4 is 4.72 Å². The van der Waals surface area contributed by atoms with Crippen LogP contribution in [0.2, 0.25) is 0 Å². The number of aliphatic hydroxyl groups is 2. The Morgan fingerprint density at radius 1 is 1.15 bits per heavy atom. The Kier molecular flexibility index (Phi) is 7.69. The third-order valence-electron chi connectivity index (χ3n) is 4.65. The van der Waals surface area contributed by atoms with Crippen LogP contribution in [0.3, 0.4) is 0 Å². The molecule has 4 atom stereocenters. The van der Waals surface area contributed by atoms with Gasteiger partial charge in [-0.15, -0.1) is 0 Å². The maximum Gasteiger partial charge on any atom is 0.240 e. The first-order chi connectivity index (χ1) is 12.7. The number of benzene rings is 1. The van der Waals surface area contributed by atoms with Crippen molar-refractivity contribution in [2.24, 2.45) is 0 Å². The minimum atomic E-state index is -3.85. The number of ether oxygens (including phenoxy) is 1. The zero-order valence-corrected chi connectivity index (χ0v) is 16.6. The van der Waals surface area contributed by atoms with Gasteiger partial charge in [0.25, 0.3) is 0 Å². The molecule has 3 N–H and O–H groups in total. The molecule has 8 nitrogen and oxygen atoms in total. The van der Waals surface area contributed by atoms with Crippen LogP contribution in [0.4, 0.5) is 4.39 Å². The smallest absolute Gasteiger partial charge is 0.240 e. The standard InChI is InChI=1S/C17H28FN3O5S/c1-20(2)8-9-21(3)16-14(26-15(11-22)17(16)23)10-19-27(24,25)13-6-4-12(18)5-7-13/h4-7,14-17,19,22-23H,8-11H2,1-3H3/t14-,15+,16+,17-/m1/s1. The second-order valence-electron chi connectivity index (χ2n) is 6.97. The fraction of sp³-hybridized carbons (Fsp3) is 0.647. The largest absolute Gasteiger partial charge is 0.394 e. The number of sulfonamides is 1. The normalized spacial score (nSPS) is 26.2. The summed E-state index contributed by atoms with van der Waals surface area (Å²) in [7, 11) is 1.83. The Morgan fingerprint density at radius 2 is 1.78 bits per heavy atom. The molecule has 1 aliphatic heterocycles. The Bertz CT molecular complexity index is 701. The van der Waals surface area contributed by atoms with E-state index in [0.29, 0.717) is 6.54 Å². The Hall–Kier alpha value is -1.14. The summed E-state index contributed by atoms with van der Waals surface area (Å²) >= 11 is 0. The predicted octanol–water partition coefficient (Wildman–Crippen LogP) is -0.913. The Morgan fingerprint density at radius 3 is 2.33 bits per heavy atom. The number of hydrogen-bond donors (Lipinski definition) is 3. The summed E-state index contributed by atoms with van der Waals surface area (Å²) in [6.07, 6.45) is -2.36. The van der Waals surface area contributed by atoms with Crippen LogP contribution in [0.5, 0.6) is 0 Å². The number of aliphatic hydroxyl groups excluding tert-OH is 2. The van der Waals surface area contributed by atoms with Gasteiger partial charge in [0, 0.05) is 19.6 Å². The minimum absolute atomic E-state index is 0.0568. The summed E-state index contributed by atoms with van der Waals surface area (Å²) in [5.41, 5.74) is 0. The highest BCUT2D eigenvalue weighted by Crippen LogP contribution is 2.25. The summed E-state index contributed by atoms with van der Waals surface area (Å²) in [4.78, 5) is 3.84. The summed E-state index contributed by atoms with van der Waals surface area (Å²) in [5.74, 6) is -0.524. The first kappa shape index (κ1) is 22.2. The lowest BCUT2D eigenvalue weighted by Crippen LogP contribution is -2.51. The van der Waals surface area contributed by atoms with Gasteiger partial charge in [-0.3, -0.25) is 4.90 Å². The summed E-state index contributed by atoms with van der Waals surface area (Å²) in [6, 6.07) is 4.03. The van der Waals surface area contributed by atoms with Gasteiger partial charge in [-0.25, -0.2) is 17.5 Å². The van der Waals surface area contributed by atoms with Crippen molar-refractivity contribution in [3.8, 4) is 0 Å².